The molecule has 0 saturated carbocycles. The molecule has 6 heteroatoms. The lowest BCUT2D eigenvalue weighted by Crippen LogP contribution is -2.44. The maximum atomic E-state index is 12.8. The Kier molecular flexibility index (Phi) is 6.18. The highest BCUT2D eigenvalue weighted by Gasteiger charge is 2.40. The summed E-state index contributed by atoms with van der Waals surface area (Å²) >= 11 is 0. The van der Waals surface area contributed by atoms with Crippen LogP contribution in [0.25, 0.3) is 0 Å². The van der Waals surface area contributed by atoms with Crippen LogP contribution in [0.1, 0.15) is 32.8 Å². The standard InChI is InChI=1S/C20H25NO5/c1-5-15(12-17(22)26-20(2,3)4)18(23)21-16(13-25-19(21)24)11-14-9-7-6-8-10-14/h5-10,15-16H,1,11-13H2,2-4H3/t15-,16+/m0/s1. The summed E-state index contributed by atoms with van der Waals surface area (Å²) in [7, 11) is 0. The van der Waals surface area contributed by atoms with Crippen molar-refractivity contribution in [2.45, 2.75) is 45.3 Å². The molecule has 2 atom stereocenters. The first-order chi connectivity index (χ1) is 12.2. The Hall–Kier alpha value is -2.63. The van der Waals surface area contributed by atoms with Crippen LogP contribution in [0.3, 0.4) is 0 Å². The second-order valence-corrected chi connectivity index (χ2v) is 7.26. The van der Waals surface area contributed by atoms with E-state index in [1.54, 1.807) is 20.8 Å². The number of hydrogen-bond acceptors (Lipinski definition) is 5. The Morgan fingerprint density at radius 1 is 1.35 bits per heavy atom. The van der Waals surface area contributed by atoms with Crippen LogP contribution in [0.2, 0.25) is 0 Å². The number of nitrogens with zero attached hydrogens (tertiary/aromatic N) is 1. The summed E-state index contributed by atoms with van der Waals surface area (Å²) in [5, 5.41) is 0. The molecule has 0 aliphatic carbocycles. The molecule has 1 aliphatic heterocycles. The van der Waals surface area contributed by atoms with Crippen LogP contribution in [0, 0.1) is 5.92 Å². The Bertz CT molecular complexity index is 677. The van der Waals surface area contributed by atoms with Gasteiger partial charge in [0.25, 0.3) is 0 Å². The molecule has 1 fully saturated rings. The predicted molar refractivity (Wildman–Crippen MR) is 96.3 cm³/mol. The molecule has 0 bridgehead atoms. The molecule has 0 unspecified atom stereocenters. The van der Waals surface area contributed by atoms with E-state index in [1.807, 2.05) is 30.3 Å². The topological polar surface area (TPSA) is 72.9 Å². The van der Waals surface area contributed by atoms with E-state index in [9.17, 15) is 14.4 Å². The normalized spacial score (nSPS) is 18.2. The first kappa shape index (κ1) is 19.7. The number of amides is 2. The van der Waals surface area contributed by atoms with Gasteiger partial charge >= 0.3 is 12.1 Å². The molecule has 1 saturated heterocycles. The van der Waals surface area contributed by atoms with Gasteiger partial charge in [0.1, 0.15) is 12.2 Å². The predicted octanol–water partition coefficient (Wildman–Crippen LogP) is 3.11. The zero-order valence-electron chi connectivity index (χ0n) is 15.4. The number of benzene rings is 1. The third-order valence-electron chi connectivity index (χ3n) is 3.92. The van der Waals surface area contributed by atoms with Crippen LogP contribution in [-0.4, -0.2) is 41.1 Å². The fourth-order valence-corrected chi connectivity index (χ4v) is 2.78. The Balaban J connectivity index is 2.09. The van der Waals surface area contributed by atoms with Crippen LogP contribution in [-0.2, 0) is 25.5 Å². The van der Waals surface area contributed by atoms with Gasteiger partial charge in [-0.25, -0.2) is 9.69 Å². The van der Waals surface area contributed by atoms with Crippen molar-refractivity contribution in [3.8, 4) is 0 Å². The third kappa shape index (κ3) is 5.18. The molecule has 1 aliphatic rings. The van der Waals surface area contributed by atoms with Crippen molar-refractivity contribution in [1.29, 1.82) is 0 Å². The number of rotatable bonds is 6. The van der Waals surface area contributed by atoms with Crippen molar-refractivity contribution in [3.05, 3.63) is 48.6 Å². The highest BCUT2D eigenvalue weighted by Crippen LogP contribution is 2.22. The van der Waals surface area contributed by atoms with Gasteiger partial charge in [0.2, 0.25) is 5.91 Å². The zero-order valence-corrected chi connectivity index (χ0v) is 15.4. The molecule has 26 heavy (non-hydrogen) atoms. The Morgan fingerprint density at radius 2 is 2.00 bits per heavy atom. The quantitative estimate of drug-likeness (QED) is 0.576. The average Bonchev–Trinajstić information content (AvgIpc) is 2.91. The van der Waals surface area contributed by atoms with E-state index in [0.717, 1.165) is 10.5 Å². The number of carbonyl (C=O) groups excluding carboxylic acids is 3. The molecule has 1 aromatic carbocycles. The minimum atomic E-state index is -0.839. The number of cyclic esters (lactones) is 1. The van der Waals surface area contributed by atoms with Crippen LogP contribution >= 0.6 is 0 Å². The summed E-state index contributed by atoms with van der Waals surface area (Å²) in [4.78, 5) is 38.1. The summed E-state index contributed by atoms with van der Waals surface area (Å²) in [5.74, 6) is -1.84. The van der Waals surface area contributed by atoms with Crippen molar-refractivity contribution >= 4 is 18.0 Å². The van der Waals surface area contributed by atoms with Gasteiger partial charge in [-0.15, -0.1) is 6.58 Å². The fraction of sp³-hybridized carbons (Fsp3) is 0.450. The van der Waals surface area contributed by atoms with Gasteiger partial charge in [0.05, 0.1) is 18.4 Å². The lowest BCUT2D eigenvalue weighted by Gasteiger charge is -2.24. The largest absolute Gasteiger partial charge is 0.460 e. The zero-order chi connectivity index (χ0) is 19.3. The van der Waals surface area contributed by atoms with Crippen LogP contribution < -0.4 is 0 Å². The lowest BCUT2D eigenvalue weighted by molar-refractivity contribution is -0.157. The van der Waals surface area contributed by atoms with Gasteiger partial charge in [-0.1, -0.05) is 36.4 Å². The highest BCUT2D eigenvalue weighted by atomic mass is 16.6. The van der Waals surface area contributed by atoms with Crippen molar-refractivity contribution in [2.24, 2.45) is 5.92 Å². The number of carbonyl (C=O) groups is 3. The van der Waals surface area contributed by atoms with Gasteiger partial charge < -0.3 is 9.47 Å². The van der Waals surface area contributed by atoms with Crippen LogP contribution in [0.4, 0.5) is 4.79 Å². The second kappa shape index (κ2) is 8.17. The third-order valence-corrected chi connectivity index (χ3v) is 3.92. The molecule has 2 amide bonds. The first-order valence-corrected chi connectivity index (χ1v) is 8.59. The summed E-state index contributed by atoms with van der Waals surface area (Å²) in [6.07, 6.45) is 1.01. The summed E-state index contributed by atoms with van der Waals surface area (Å²) in [6.45, 7) is 9.02. The van der Waals surface area contributed by atoms with E-state index in [-0.39, 0.29) is 13.0 Å². The van der Waals surface area contributed by atoms with E-state index in [1.165, 1.54) is 6.08 Å². The minimum Gasteiger partial charge on any atom is -0.460 e. The summed E-state index contributed by atoms with van der Waals surface area (Å²) in [5.41, 5.74) is 0.352. The van der Waals surface area contributed by atoms with E-state index in [0.29, 0.717) is 6.42 Å². The Morgan fingerprint density at radius 3 is 2.58 bits per heavy atom. The number of hydrogen-bond donors (Lipinski definition) is 0. The first-order valence-electron chi connectivity index (χ1n) is 8.59. The van der Waals surface area contributed by atoms with Gasteiger partial charge in [-0.2, -0.15) is 0 Å². The van der Waals surface area contributed by atoms with Crippen molar-refractivity contribution in [3.63, 3.8) is 0 Å². The molecule has 0 N–H and O–H groups in total. The van der Waals surface area contributed by atoms with E-state index < -0.39 is 35.5 Å². The molecule has 1 aromatic rings. The minimum absolute atomic E-state index is 0.135. The van der Waals surface area contributed by atoms with Crippen molar-refractivity contribution in [1.82, 2.24) is 4.90 Å². The molecule has 1 heterocycles. The SMILES string of the molecule is C=C[C@@H](CC(=O)OC(C)(C)C)C(=O)N1C(=O)OC[C@H]1Cc1ccccc1. The maximum absolute atomic E-state index is 12.8. The number of esters is 1. The van der Waals surface area contributed by atoms with Crippen molar-refractivity contribution < 1.29 is 23.9 Å². The summed E-state index contributed by atoms with van der Waals surface area (Å²) in [6, 6.07) is 9.15. The van der Waals surface area contributed by atoms with E-state index in [2.05, 4.69) is 6.58 Å². The van der Waals surface area contributed by atoms with Gasteiger partial charge in [-0.05, 0) is 32.8 Å². The molecule has 0 radical (unpaired) electrons. The van der Waals surface area contributed by atoms with Crippen LogP contribution in [0.5, 0.6) is 0 Å². The van der Waals surface area contributed by atoms with Gasteiger partial charge in [0.15, 0.2) is 0 Å². The molecule has 2 rings (SSSR count). The van der Waals surface area contributed by atoms with Crippen molar-refractivity contribution in [2.75, 3.05) is 6.61 Å². The lowest BCUT2D eigenvalue weighted by atomic mass is 10.0. The molecular weight excluding hydrogens is 334 g/mol. The molecular formula is C20H25NO5. The second-order valence-electron chi connectivity index (χ2n) is 7.26. The van der Waals surface area contributed by atoms with Gasteiger partial charge in [-0.3, -0.25) is 9.59 Å². The van der Waals surface area contributed by atoms with E-state index >= 15 is 0 Å². The van der Waals surface area contributed by atoms with Gasteiger partial charge in [0, 0.05) is 0 Å². The van der Waals surface area contributed by atoms with E-state index in [4.69, 9.17) is 9.47 Å². The molecule has 6 nitrogen and oxygen atoms in total. The summed E-state index contributed by atoms with van der Waals surface area (Å²) < 4.78 is 10.3. The number of ether oxygens (including phenoxy) is 2. The maximum Gasteiger partial charge on any atom is 0.417 e. The molecule has 0 spiro atoms. The van der Waals surface area contributed by atoms with Crippen LogP contribution in [0.15, 0.2) is 43.0 Å². The Labute approximate surface area is 153 Å². The number of imide groups is 1. The fourth-order valence-electron chi connectivity index (χ4n) is 2.78. The average molecular weight is 359 g/mol. The molecule has 140 valence electrons. The highest BCUT2D eigenvalue weighted by molar-refractivity contribution is 5.97. The smallest absolute Gasteiger partial charge is 0.417 e. The monoisotopic (exact) mass is 359 g/mol. The molecule has 0 aromatic heterocycles.